The number of rotatable bonds is 10. The Morgan fingerprint density at radius 1 is 1.33 bits per heavy atom. The summed E-state index contributed by atoms with van der Waals surface area (Å²) < 4.78 is 16.9. The molecule has 7 heteroatoms. The molecule has 0 saturated carbocycles. The van der Waals surface area contributed by atoms with Crippen molar-refractivity contribution in [3.8, 4) is 5.75 Å². The molecule has 1 aromatic rings. The van der Waals surface area contributed by atoms with Gasteiger partial charge >= 0.3 is 0 Å². The molecular weight excluding hydrogens is 457 g/mol. The smallest absolute Gasteiger partial charge is 0.191 e. The van der Waals surface area contributed by atoms with Gasteiger partial charge in [0.25, 0.3) is 0 Å². The lowest BCUT2D eigenvalue weighted by Crippen LogP contribution is -2.37. The van der Waals surface area contributed by atoms with Gasteiger partial charge in [-0.05, 0) is 38.3 Å². The van der Waals surface area contributed by atoms with Crippen LogP contribution in [0.1, 0.15) is 30.9 Å². The Hall–Kier alpha value is -1.06. The van der Waals surface area contributed by atoms with E-state index in [1.54, 1.807) is 7.05 Å². The molecule has 0 bridgehead atoms. The van der Waals surface area contributed by atoms with E-state index in [1.807, 2.05) is 6.92 Å². The highest BCUT2D eigenvalue weighted by molar-refractivity contribution is 14.0. The van der Waals surface area contributed by atoms with Crippen LogP contribution in [0.4, 0.5) is 0 Å². The van der Waals surface area contributed by atoms with E-state index in [4.69, 9.17) is 14.2 Å². The highest BCUT2D eigenvalue weighted by atomic mass is 127. The van der Waals surface area contributed by atoms with Crippen molar-refractivity contribution in [1.29, 1.82) is 0 Å². The maximum Gasteiger partial charge on any atom is 0.191 e. The van der Waals surface area contributed by atoms with Crippen molar-refractivity contribution in [3.05, 3.63) is 29.3 Å². The number of benzene rings is 1. The van der Waals surface area contributed by atoms with Crippen LogP contribution in [-0.4, -0.2) is 52.6 Å². The summed E-state index contributed by atoms with van der Waals surface area (Å²) in [5, 5.41) is 6.67. The molecule has 1 aliphatic heterocycles. The van der Waals surface area contributed by atoms with Crippen molar-refractivity contribution < 1.29 is 14.2 Å². The molecule has 0 amide bonds. The van der Waals surface area contributed by atoms with Gasteiger partial charge in [-0.25, -0.2) is 0 Å². The standard InChI is InChI=1S/C20H33N3O3.HI/c1-4-24-10-5-9-22-20(21-3)23-13-18-7-6-16(2)12-19(18)26-15-17-8-11-25-14-17;/h6-7,12,17H,4-5,8-11,13-15H2,1-3H3,(H2,21,22,23);1H. The van der Waals surface area contributed by atoms with Crippen LogP contribution in [0, 0.1) is 12.8 Å². The maximum absolute atomic E-state index is 6.10. The molecule has 2 rings (SSSR count). The summed E-state index contributed by atoms with van der Waals surface area (Å²) in [6.45, 7) is 9.48. The fraction of sp³-hybridized carbons (Fsp3) is 0.650. The van der Waals surface area contributed by atoms with E-state index in [2.05, 4.69) is 40.7 Å². The quantitative estimate of drug-likeness (QED) is 0.228. The van der Waals surface area contributed by atoms with Gasteiger partial charge in [0.05, 0.1) is 13.2 Å². The number of nitrogens with one attached hydrogen (secondary N) is 2. The normalized spacial score (nSPS) is 16.7. The molecule has 1 fully saturated rings. The van der Waals surface area contributed by atoms with Gasteiger partial charge in [0.1, 0.15) is 5.75 Å². The minimum Gasteiger partial charge on any atom is -0.493 e. The third-order valence-electron chi connectivity index (χ3n) is 4.35. The molecule has 1 aliphatic rings. The summed E-state index contributed by atoms with van der Waals surface area (Å²) in [6, 6.07) is 6.33. The van der Waals surface area contributed by atoms with E-state index in [9.17, 15) is 0 Å². The Kier molecular flexibility index (Phi) is 12.4. The minimum atomic E-state index is 0. The van der Waals surface area contributed by atoms with Gasteiger partial charge in [-0.2, -0.15) is 0 Å². The second kappa shape index (κ2) is 14.0. The monoisotopic (exact) mass is 491 g/mol. The molecule has 1 saturated heterocycles. The lowest BCUT2D eigenvalue weighted by Gasteiger charge is -2.17. The zero-order chi connectivity index (χ0) is 18.6. The Morgan fingerprint density at radius 3 is 2.89 bits per heavy atom. The molecule has 0 aromatic heterocycles. The van der Waals surface area contributed by atoms with Gasteiger partial charge in [0.15, 0.2) is 5.96 Å². The molecule has 1 unspecified atom stereocenters. The van der Waals surface area contributed by atoms with Gasteiger partial charge in [-0.1, -0.05) is 12.1 Å². The third-order valence-corrected chi connectivity index (χ3v) is 4.35. The van der Waals surface area contributed by atoms with Crippen LogP contribution in [0.25, 0.3) is 0 Å². The van der Waals surface area contributed by atoms with Crippen LogP contribution in [0.15, 0.2) is 23.2 Å². The van der Waals surface area contributed by atoms with Gasteiger partial charge in [0, 0.05) is 51.4 Å². The van der Waals surface area contributed by atoms with E-state index in [0.29, 0.717) is 19.1 Å². The Bertz CT molecular complexity index is 563. The summed E-state index contributed by atoms with van der Waals surface area (Å²) in [5.41, 5.74) is 2.33. The van der Waals surface area contributed by atoms with E-state index in [0.717, 1.165) is 63.1 Å². The topological polar surface area (TPSA) is 64.1 Å². The third kappa shape index (κ3) is 9.12. The predicted molar refractivity (Wildman–Crippen MR) is 120 cm³/mol. The summed E-state index contributed by atoms with van der Waals surface area (Å²) in [5.74, 6) is 2.23. The number of hydrogen-bond donors (Lipinski definition) is 2. The second-order valence-electron chi connectivity index (χ2n) is 6.55. The number of aryl methyl sites for hydroxylation is 1. The van der Waals surface area contributed by atoms with Gasteiger partial charge in [-0.15, -0.1) is 24.0 Å². The SMILES string of the molecule is CCOCCCNC(=NC)NCc1ccc(C)cc1OCC1CCOC1.I. The first-order valence-corrected chi connectivity index (χ1v) is 9.55. The van der Waals surface area contributed by atoms with Crippen LogP contribution in [0.3, 0.4) is 0 Å². The fourth-order valence-electron chi connectivity index (χ4n) is 2.79. The molecule has 0 aliphatic carbocycles. The zero-order valence-corrected chi connectivity index (χ0v) is 19.1. The lowest BCUT2D eigenvalue weighted by atomic mass is 10.1. The largest absolute Gasteiger partial charge is 0.493 e. The van der Waals surface area contributed by atoms with E-state index in [-0.39, 0.29) is 24.0 Å². The molecule has 6 nitrogen and oxygen atoms in total. The lowest BCUT2D eigenvalue weighted by molar-refractivity contribution is 0.145. The highest BCUT2D eigenvalue weighted by Gasteiger charge is 2.17. The average molecular weight is 491 g/mol. The molecule has 0 spiro atoms. The first-order valence-electron chi connectivity index (χ1n) is 9.55. The molecule has 2 N–H and O–H groups in total. The zero-order valence-electron chi connectivity index (χ0n) is 16.8. The van der Waals surface area contributed by atoms with Crippen molar-refractivity contribution in [2.75, 3.05) is 46.6 Å². The summed E-state index contributed by atoms with van der Waals surface area (Å²) in [6.07, 6.45) is 2.04. The number of guanidine groups is 1. The molecule has 27 heavy (non-hydrogen) atoms. The summed E-state index contributed by atoms with van der Waals surface area (Å²) in [4.78, 5) is 4.27. The van der Waals surface area contributed by atoms with Crippen LogP contribution < -0.4 is 15.4 Å². The Morgan fingerprint density at radius 2 is 2.19 bits per heavy atom. The molecule has 1 atom stereocenters. The van der Waals surface area contributed by atoms with Crippen molar-refractivity contribution in [2.45, 2.75) is 33.2 Å². The number of aliphatic imine (C=N–C) groups is 1. The van der Waals surface area contributed by atoms with Gasteiger partial charge in [-0.3, -0.25) is 4.99 Å². The molecule has 1 heterocycles. The summed E-state index contributed by atoms with van der Waals surface area (Å²) in [7, 11) is 1.78. The highest BCUT2D eigenvalue weighted by Crippen LogP contribution is 2.22. The number of halogens is 1. The Balaban J connectivity index is 0.00000364. The fourth-order valence-corrected chi connectivity index (χ4v) is 2.79. The van der Waals surface area contributed by atoms with Crippen LogP contribution >= 0.6 is 24.0 Å². The first kappa shape index (κ1) is 24.0. The van der Waals surface area contributed by atoms with Gasteiger partial charge < -0.3 is 24.8 Å². The van der Waals surface area contributed by atoms with Crippen molar-refractivity contribution in [1.82, 2.24) is 10.6 Å². The number of ether oxygens (including phenoxy) is 3. The van der Waals surface area contributed by atoms with Crippen molar-refractivity contribution >= 4 is 29.9 Å². The number of nitrogens with zero attached hydrogens (tertiary/aromatic N) is 1. The van der Waals surface area contributed by atoms with E-state index < -0.39 is 0 Å². The molecule has 154 valence electrons. The van der Waals surface area contributed by atoms with Crippen molar-refractivity contribution in [3.63, 3.8) is 0 Å². The van der Waals surface area contributed by atoms with Gasteiger partial charge in [0.2, 0.25) is 0 Å². The van der Waals surface area contributed by atoms with Crippen LogP contribution in [0.5, 0.6) is 5.75 Å². The van der Waals surface area contributed by atoms with Crippen LogP contribution in [0.2, 0.25) is 0 Å². The number of hydrogen-bond acceptors (Lipinski definition) is 4. The van der Waals surface area contributed by atoms with E-state index in [1.165, 1.54) is 5.56 Å². The molecular formula is C20H34IN3O3. The molecule has 1 aromatic carbocycles. The molecule has 0 radical (unpaired) electrons. The summed E-state index contributed by atoms with van der Waals surface area (Å²) >= 11 is 0. The van der Waals surface area contributed by atoms with Crippen molar-refractivity contribution in [2.24, 2.45) is 10.9 Å². The predicted octanol–water partition coefficient (Wildman–Crippen LogP) is 3.12. The maximum atomic E-state index is 6.10. The second-order valence-corrected chi connectivity index (χ2v) is 6.55. The average Bonchev–Trinajstić information content (AvgIpc) is 3.17. The van der Waals surface area contributed by atoms with Crippen LogP contribution in [-0.2, 0) is 16.0 Å². The first-order chi connectivity index (χ1) is 12.7. The minimum absolute atomic E-state index is 0. The van der Waals surface area contributed by atoms with E-state index >= 15 is 0 Å². The Labute approximate surface area is 180 Å².